The van der Waals surface area contributed by atoms with Gasteiger partial charge in [0, 0.05) is 27.9 Å². The zero-order chi connectivity index (χ0) is 32.5. The van der Waals surface area contributed by atoms with E-state index in [0.717, 1.165) is 17.1 Å². The number of hydrogen-bond acceptors (Lipinski definition) is 1. The minimum atomic E-state index is -0.265. The second-order valence-electron chi connectivity index (χ2n) is 13.9. The van der Waals surface area contributed by atoms with E-state index in [1.807, 2.05) is 0 Å². The van der Waals surface area contributed by atoms with Gasteiger partial charge in [0.05, 0.1) is 0 Å². The topological polar surface area (TPSA) is 3.24 Å². The molecule has 0 fully saturated rings. The van der Waals surface area contributed by atoms with Gasteiger partial charge in [-0.3, -0.25) is 0 Å². The van der Waals surface area contributed by atoms with Crippen LogP contribution in [0.2, 0.25) is 0 Å². The van der Waals surface area contributed by atoms with Crippen LogP contribution in [0.1, 0.15) is 48.6 Å². The summed E-state index contributed by atoms with van der Waals surface area (Å²) in [6, 6.07) is 62.6. The van der Waals surface area contributed by atoms with Crippen LogP contribution in [0.15, 0.2) is 170 Å². The van der Waals surface area contributed by atoms with Crippen LogP contribution < -0.4 is 4.90 Å². The minimum absolute atomic E-state index is 0.0888. The van der Waals surface area contributed by atoms with Crippen LogP contribution in [-0.2, 0) is 10.8 Å². The van der Waals surface area contributed by atoms with Gasteiger partial charge in [-0.15, -0.1) is 0 Å². The molecule has 0 saturated heterocycles. The highest BCUT2D eigenvalue weighted by atomic mass is 15.1. The maximum absolute atomic E-state index is 2.43. The number of hydrogen-bond donors (Lipinski definition) is 0. The van der Waals surface area contributed by atoms with E-state index < -0.39 is 0 Å². The molecule has 2 aliphatic rings. The monoisotopic (exact) mass is 615 g/mol. The fraction of sp³-hybridized carbons (Fsp3) is 0.106. The highest BCUT2D eigenvalue weighted by Crippen LogP contribution is 2.55. The molecular weight excluding hydrogens is 579 g/mol. The SMILES string of the molecule is CC1(C)c2ccccc2-c2cccc(-c3cccc(N(c4ccccc4)c4ccc5c(c4)C(C)(c4ccccc4)c4ccccc4-5)c3)c21. The molecule has 2 aliphatic carbocycles. The average molecular weight is 616 g/mol. The third-order valence-electron chi connectivity index (χ3n) is 10.9. The molecule has 48 heavy (non-hydrogen) atoms. The van der Waals surface area contributed by atoms with E-state index in [0.29, 0.717) is 0 Å². The van der Waals surface area contributed by atoms with E-state index >= 15 is 0 Å². The smallest absolute Gasteiger partial charge is 0.0467 e. The standard InChI is InChI=1S/C47H37N/c1-46(2)42-26-12-10-23-39(42)41-25-15-24-37(45(41)46)32-16-14-21-35(30-32)48(34-19-8-5-9-20-34)36-28-29-40-38-22-11-13-27-43(38)47(3,44(40)31-36)33-17-6-4-7-18-33/h4-31H,1-3H3. The quantitative estimate of drug-likeness (QED) is 0.186. The molecule has 230 valence electrons. The van der Waals surface area contributed by atoms with Crippen molar-refractivity contribution in [2.75, 3.05) is 4.90 Å². The molecule has 0 saturated carbocycles. The predicted molar refractivity (Wildman–Crippen MR) is 202 cm³/mol. The fourth-order valence-corrected chi connectivity index (χ4v) is 8.63. The van der Waals surface area contributed by atoms with Gasteiger partial charge in [0.1, 0.15) is 0 Å². The predicted octanol–water partition coefficient (Wildman–Crippen LogP) is 12.5. The number of anilines is 3. The second kappa shape index (κ2) is 10.7. The second-order valence-corrected chi connectivity index (χ2v) is 13.9. The van der Waals surface area contributed by atoms with Crippen LogP contribution in [0.25, 0.3) is 33.4 Å². The Hall–Kier alpha value is -5.66. The van der Waals surface area contributed by atoms with E-state index in [1.165, 1.54) is 61.2 Å². The summed E-state index contributed by atoms with van der Waals surface area (Å²) in [5.74, 6) is 0. The first-order valence-corrected chi connectivity index (χ1v) is 17.0. The van der Waals surface area contributed by atoms with Gasteiger partial charge < -0.3 is 4.90 Å². The molecule has 1 atom stereocenters. The number of benzene rings is 7. The molecule has 0 aromatic heterocycles. The Morgan fingerprint density at radius 1 is 0.375 bits per heavy atom. The molecule has 1 unspecified atom stereocenters. The Morgan fingerprint density at radius 3 is 1.69 bits per heavy atom. The fourth-order valence-electron chi connectivity index (χ4n) is 8.63. The van der Waals surface area contributed by atoms with Crippen molar-refractivity contribution >= 4 is 17.1 Å². The van der Waals surface area contributed by atoms with E-state index in [2.05, 4.69) is 196 Å². The first kappa shape index (κ1) is 28.6. The van der Waals surface area contributed by atoms with Gasteiger partial charge in [0.25, 0.3) is 0 Å². The molecular formula is C47H37N. The average Bonchev–Trinajstić information content (AvgIpc) is 3.54. The largest absolute Gasteiger partial charge is 0.310 e. The lowest BCUT2D eigenvalue weighted by Crippen LogP contribution is -2.22. The van der Waals surface area contributed by atoms with Crippen molar-refractivity contribution in [2.45, 2.75) is 31.6 Å². The molecule has 0 spiro atoms. The minimum Gasteiger partial charge on any atom is -0.310 e. The molecule has 0 N–H and O–H groups in total. The van der Waals surface area contributed by atoms with E-state index in [4.69, 9.17) is 0 Å². The van der Waals surface area contributed by atoms with E-state index in [9.17, 15) is 0 Å². The first-order valence-electron chi connectivity index (χ1n) is 17.0. The lowest BCUT2D eigenvalue weighted by molar-refractivity contribution is 0.662. The lowest BCUT2D eigenvalue weighted by Gasteiger charge is -2.31. The lowest BCUT2D eigenvalue weighted by atomic mass is 9.74. The molecule has 0 radical (unpaired) electrons. The van der Waals surface area contributed by atoms with Crippen LogP contribution in [0, 0.1) is 0 Å². The summed E-state index contributed by atoms with van der Waals surface area (Å²) in [6.07, 6.45) is 0. The van der Waals surface area contributed by atoms with Crippen LogP contribution in [0.3, 0.4) is 0 Å². The molecule has 0 bridgehead atoms. The van der Waals surface area contributed by atoms with Crippen molar-refractivity contribution < 1.29 is 0 Å². The highest BCUT2D eigenvalue weighted by molar-refractivity contribution is 5.91. The van der Waals surface area contributed by atoms with Crippen molar-refractivity contribution in [2.24, 2.45) is 0 Å². The number of para-hydroxylation sites is 1. The van der Waals surface area contributed by atoms with Gasteiger partial charge in [-0.1, -0.05) is 147 Å². The van der Waals surface area contributed by atoms with Crippen molar-refractivity contribution in [1.29, 1.82) is 0 Å². The first-order chi connectivity index (χ1) is 23.5. The summed E-state index contributed by atoms with van der Waals surface area (Å²) >= 11 is 0. The van der Waals surface area contributed by atoms with E-state index in [-0.39, 0.29) is 10.8 Å². The summed E-state index contributed by atoms with van der Waals surface area (Å²) in [4.78, 5) is 2.42. The maximum Gasteiger partial charge on any atom is 0.0467 e. The Morgan fingerprint density at radius 2 is 0.917 bits per heavy atom. The number of fused-ring (bicyclic) bond motifs is 6. The molecule has 1 heteroatoms. The summed E-state index contributed by atoms with van der Waals surface area (Å²) in [7, 11) is 0. The Labute approximate surface area is 283 Å². The van der Waals surface area contributed by atoms with Crippen LogP contribution in [0.5, 0.6) is 0 Å². The molecule has 0 heterocycles. The molecule has 1 nitrogen and oxygen atoms in total. The van der Waals surface area contributed by atoms with E-state index in [1.54, 1.807) is 0 Å². The van der Waals surface area contributed by atoms with Crippen molar-refractivity contribution in [1.82, 2.24) is 0 Å². The molecule has 7 aromatic rings. The summed E-state index contributed by atoms with van der Waals surface area (Å²) in [5, 5.41) is 0. The summed E-state index contributed by atoms with van der Waals surface area (Å²) in [6.45, 7) is 7.13. The van der Waals surface area contributed by atoms with Crippen molar-refractivity contribution in [3.8, 4) is 33.4 Å². The van der Waals surface area contributed by atoms with Gasteiger partial charge in [-0.05, 0) is 105 Å². The maximum atomic E-state index is 2.43. The molecule has 7 aromatic carbocycles. The van der Waals surface area contributed by atoms with Gasteiger partial charge in [0.2, 0.25) is 0 Å². The van der Waals surface area contributed by atoms with Crippen LogP contribution in [0.4, 0.5) is 17.1 Å². The van der Waals surface area contributed by atoms with Gasteiger partial charge in [-0.25, -0.2) is 0 Å². The van der Waals surface area contributed by atoms with Gasteiger partial charge in [0.15, 0.2) is 0 Å². The number of nitrogens with zero attached hydrogens (tertiary/aromatic N) is 1. The van der Waals surface area contributed by atoms with Gasteiger partial charge >= 0.3 is 0 Å². The zero-order valence-electron chi connectivity index (χ0n) is 27.6. The van der Waals surface area contributed by atoms with Crippen LogP contribution >= 0.6 is 0 Å². The summed E-state index contributed by atoms with van der Waals surface area (Å²) in [5.41, 5.74) is 17.7. The molecule has 0 aliphatic heterocycles. The molecule has 0 amide bonds. The van der Waals surface area contributed by atoms with Gasteiger partial charge in [-0.2, -0.15) is 0 Å². The zero-order valence-corrected chi connectivity index (χ0v) is 27.6. The van der Waals surface area contributed by atoms with Crippen molar-refractivity contribution in [3.63, 3.8) is 0 Å². The molecule has 9 rings (SSSR count). The van der Waals surface area contributed by atoms with Crippen LogP contribution in [-0.4, -0.2) is 0 Å². The normalized spacial score (nSPS) is 16.5. The summed E-state index contributed by atoms with van der Waals surface area (Å²) < 4.78 is 0. The highest BCUT2D eigenvalue weighted by Gasteiger charge is 2.41. The van der Waals surface area contributed by atoms with Crippen molar-refractivity contribution in [3.05, 3.63) is 198 Å². The Balaban J connectivity index is 1.22. The Bertz CT molecular complexity index is 2330. The Kier molecular flexibility index (Phi) is 6.36. The number of rotatable bonds is 5. The third-order valence-corrected chi connectivity index (χ3v) is 10.9. The third kappa shape index (κ3) is 4.10.